The molecule has 0 saturated heterocycles. The van der Waals surface area contributed by atoms with E-state index >= 15 is 0 Å². The molecule has 0 radical (unpaired) electrons. The van der Waals surface area contributed by atoms with Crippen molar-refractivity contribution in [1.29, 1.82) is 0 Å². The summed E-state index contributed by atoms with van der Waals surface area (Å²) in [6.07, 6.45) is 0. The van der Waals surface area contributed by atoms with Crippen LogP contribution in [0.4, 0.5) is 10.1 Å². The Bertz CT molecular complexity index is 837. The zero-order valence-electron chi connectivity index (χ0n) is 13.4. The molecule has 2 N–H and O–H groups in total. The number of benzene rings is 2. The van der Waals surface area contributed by atoms with Crippen LogP contribution in [0, 0.1) is 12.7 Å². The summed E-state index contributed by atoms with van der Waals surface area (Å²) in [5, 5.41) is 2.37. The minimum Gasteiger partial charge on any atom is -0.322 e. The third-order valence-electron chi connectivity index (χ3n) is 3.49. The molecular weight excluding hydrogens is 331 g/mol. The number of nitrogens with one attached hydrogen (secondary N) is 2. The van der Waals surface area contributed by atoms with E-state index in [2.05, 4.69) is 10.0 Å². The highest BCUT2D eigenvalue weighted by molar-refractivity contribution is 7.88. The zero-order valence-corrected chi connectivity index (χ0v) is 14.2. The first-order chi connectivity index (χ1) is 11.3. The number of hydrogen-bond donors (Lipinski definition) is 2. The Labute approximate surface area is 141 Å². The van der Waals surface area contributed by atoms with Crippen LogP contribution in [0.3, 0.4) is 0 Å². The second kappa shape index (κ2) is 7.55. The Hall–Kier alpha value is -2.25. The lowest BCUT2D eigenvalue weighted by molar-refractivity contribution is -0.117. The van der Waals surface area contributed by atoms with Gasteiger partial charge in [0.1, 0.15) is 5.82 Å². The molecule has 2 rings (SSSR count). The molecule has 24 heavy (non-hydrogen) atoms. The van der Waals surface area contributed by atoms with Crippen molar-refractivity contribution in [3.05, 3.63) is 65.5 Å². The van der Waals surface area contributed by atoms with Crippen LogP contribution in [0.2, 0.25) is 0 Å². The Morgan fingerprint density at radius 2 is 1.75 bits per heavy atom. The van der Waals surface area contributed by atoms with Crippen LogP contribution in [-0.4, -0.2) is 20.4 Å². The number of anilines is 1. The first-order valence-electron chi connectivity index (χ1n) is 7.38. The lowest BCUT2D eigenvalue weighted by Gasteiger charge is -2.15. The third-order valence-corrected chi connectivity index (χ3v) is 4.89. The predicted molar refractivity (Wildman–Crippen MR) is 91.4 cm³/mol. The molecule has 0 heterocycles. The van der Waals surface area contributed by atoms with E-state index < -0.39 is 27.8 Å². The SMILES string of the molecule is Cc1ccccc1CS(=O)(=O)NC(C)C(=O)Nc1ccccc1F. The smallest absolute Gasteiger partial charge is 0.242 e. The van der Waals surface area contributed by atoms with E-state index in [-0.39, 0.29) is 11.4 Å². The van der Waals surface area contributed by atoms with Crippen molar-refractivity contribution in [2.24, 2.45) is 0 Å². The van der Waals surface area contributed by atoms with E-state index in [1.807, 2.05) is 19.1 Å². The fourth-order valence-corrected chi connectivity index (χ4v) is 3.61. The average Bonchev–Trinajstić information content (AvgIpc) is 2.51. The summed E-state index contributed by atoms with van der Waals surface area (Å²) in [5.74, 6) is -1.44. The summed E-state index contributed by atoms with van der Waals surface area (Å²) in [6.45, 7) is 3.23. The number of para-hydroxylation sites is 1. The Balaban J connectivity index is 2.02. The first-order valence-corrected chi connectivity index (χ1v) is 9.03. The summed E-state index contributed by atoms with van der Waals surface area (Å²) in [6, 6.07) is 11.8. The fraction of sp³-hybridized carbons (Fsp3) is 0.235. The third kappa shape index (κ3) is 4.87. The summed E-state index contributed by atoms with van der Waals surface area (Å²) in [5.41, 5.74) is 1.52. The zero-order chi connectivity index (χ0) is 17.7. The molecule has 0 bridgehead atoms. The normalized spacial score (nSPS) is 12.6. The van der Waals surface area contributed by atoms with Gasteiger partial charge in [-0.25, -0.2) is 17.5 Å². The molecule has 7 heteroatoms. The number of sulfonamides is 1. The largest absolute Gasteiger partial charge is 0.322 e. The van der Waals surface area contributed by atoms with Crippen molar-refractivity contribution in [3.63, 3.8) is 0 Å². The van der Waals surface area contributed by atoms with Crippen LogP contribution in [-0.2, 0) is 20.6 Å². The highest BCUT2D eigenvalue weighted by atomic mass is 32.2. The van der Waals surface area contributed by atoms with Gasteiger partial charge in [-0.2, -0.15) is 0 Å². The Morgan fingerprint density at radius 1 is 1.12 bits per heavy atom. The molecule has 2 aromatic rings. The molecule has 0 saturated carbocycles. The topological polar surface area (TPSA) is 75.3 Å². The molecule has 128 valence electrons. The molecule has 0 fully saturated rings. The van der Waals surface area contributed by atoms with Crippen molar-refractivity contribution in [3.8, 4) is 0 Å². The van der Waals surface area contributed by atoms with Gasteiger partial charge in [0.2, 0.25) is 15.9 Å². The second-order valence-corrected chi connectivity index (χ2v) is 7.25. The number of aryl methyl sites for hydroxylation is 1. The quantitative estimate of drug-likeness (QED) is 0.841. The van der Waals surface area contributed by atoms with Crippen LogP contribution >= 0.6 is 0 Å². The van der Waals surface area contributed by atoms with Gasteiger partial charge in [0, 0.05) is 0 Å². The van der Waals surface area contributed by atoms with Crippen LogP contribution < -0.4 is 10.0 Å². The summed E-state index contributed by atoms with van der Waals surface area (Å²) in [4.78, 5) is 12.1. The van der Waals surface area contributed by atoms with Crippen LogP contribution in [0.15, 0.2) is 48.5 Å². The summed E-state index contributed by atoms with van der Waals surface area (Å²) >= 11 is 0. The first kappa shape index (κ1) is 18.1. The highest BCUT2D eigenvalue weighted by Crippen LogP contribution is 2.14. The standard InChI is InChI=1S/C17H19FN2O3S/c1-12-7-3-4-8-14(12)11-24(22,23)20-13(2)17(21)19-16-10-6-5-9-15(16)18/h3-10,13,20H,11H2,1-2H3,(H,19,21). The molecule has 0 aliphatic carbocycles. The molecule has 5 nitrogen and oxygen atoms in total. The number of halogens is 1. The van der Waals surface area contributed by atoms with Gasteiger partial charge >= 0.3 is 0 Å². The Kier molecular flexibility index (Phi) is 5.69. The van der Waals surface area contributed by atoms with Gasteiger partial charge in [0.15, 0.2) is 0 Å². The Morgan fingerprint density at radius 3 is 2.42 bits per heavy atom. The molecule has 2 aromatic carbocycles. The minimum atomic E-state index is -3.71. The lowest BCUT2D eigenvalue weighted by atomic mass is 10.1. The number of carbonyl (C=O) groups is 1. The molecule has 0 aliphatic heterocycles. The molecule has 1 atom stereocenters. The summed E-state index contributed by atoms with van der Waals surface area (Å²) in [7, 11) is -3.71. The molecule has 0 aliphatic rings. The van der Waals surface area contributed by atoms with E-state index in [1.54, 1.807) is 18.2 Å². The van der Waals surface area contributed by atoms with Gasteiger partial charge in [-0.15, -0.1) is 0 Å². The average molecular weight is 350 g/mol. The minimum absolute atomic E-state index is 0.00690. The predicted octanol–water partition coefficient (Wildman–Crippen LogP) is 2.58. The van der Waals surface area contributed by atoms with Crippen molar-refractivity contribution < 1.29 is 17.6 Å². The maximum atomic E-state index is 13.5. The van der Waals surface area contributed by atoms with Gasteiger partial charge in [0.05, 0.1) is 17.5 Å². The van der Waals surface area contributed by atoms with Crippen molar-refractivity contribution in [2.45, 2.75) is 25.6 Å². The maximum absolute atomic E-state index is 13.5. The number of amides is 1. The van der Waals surface area contributed by atoms with Gasteiger partial charge < -0.3 is 5.32 Å². The highest BCUT2D eigenvalue weighted by Gasteiger charge is 2.21. The molecule has 1 unspecified atom stereocenters. The van der Waals surface area contributed by atoms with Crippen molar-refractivity contribution in [1.82, 2.24) is 4.72 Å². The monoisotopic (exact) mass is 350 g/mol. The number of carbonyl (C=O) groups excluding carboxylic acids is 1. The van der Waals surface area contributed by atoms with E-state index in [0.717, 1.165) is 5.56 Å². The van der Waals surface area contributed by atoms with Crippen molar-refractivity contribution in [2.75, 3.05) is 5.32 Å². The van der Waals surface area contributed by atoms with Gasteiger partial charge in [-0.05, 0) is 37.1 Å². The van der Waals surface area contributed by atoms with E-state index in [9.17, 15) is 17.6 Å². The van der Waals surface area contributed by atoms with Gasteiger partial charge in [0.25, 0.3) is 0 Å². The molecule has 1 amide bonds. The second-order valence-electron chi connectivity index (χ2n) is 5.49. The molecule has 0 spiro atoms. The van der Waals surface area contributed by atoms with E-state index in [0.29, 0.717) is 5.56 Å². The number of hydrogen-bond acceptors (Lipinski definition) is 3. The fourth-order valence-electron chi connectivity index (χ4n) is 2.14. The molecular formula is C17H19FN2O3S. The maximum Gasteiger partial charge on any atom is 0.242 e. The van der Waals surface area contributed by atoms with E-state index in [4.69, 9.17) is 0 Å². The molecule has 0 aromatic heterocycles. The van der Waals surface area contributed by atoms with E-state index in [1.165, 1.54) is 25.1 Å². The van der Waals surface area contributed by atoms with Crippen LogP contribution in [0.25, 0.3) is 0 Å². The summed E-state index contributed by atoms with van der Waals surface area (Å²) < 4.78 is 40.3. The van der Waals surface area contributed by atoms with Crippen LogP contribution in [0.5, 0.6) is 0 Å². The van der Waals surface area contributed by atoms with Crippen molar-refractivity contribution >= 4 is 21.6 Å². The van der Waals surface area contributed by atoms with Crippen LogP contribution in [0.1, 0.15) is 18.1 Å². The van der Waals surface area contributed by atoms with Gasteiger partial charge in [-0.3, -0.25) is 4.79 Å². The lowest BCUT2D eigenvalue weighted by Crippen LogP contribution is -2.42. The van der Waals surface area contributed by atoms with Gasteiger partial charge in [-0.1, -0.05) is 36.4 Å². The number of rotatable bonds is 6.